The van der Waals surface area contributed by atoms with E-state index in [2.05, 4.69) is 5.43 Å². The summed E-state index contributed by atoms with van der Waals surface area (Å²) in [6.07, 6.45) is -0.0223. The second-order valence-corrected chi connectivity index (χ2v) is 3.72. The van der Waals surface area contributed by atoms with Crippen LogP contribution in [0.3, 0.4) is 0 Å². The first kappa shape index (κ1) is 9.86. The maximum absolute atomic E-state index is 12.9. The molecular weight excluding hydrogens is 162 g/mol. The quantitative estimate of drug-likeness (QED) is 0.689. The number of hydrogen-bond acceptors (Lipinski definition) is 2. The average Bonchev–Trinajstić information content (AvgIpc) is 2.25. The number of alkyl halides is 2. The van der Waals surface area contributed by atoms with E-state index in [4.69, 9.17) is 0 Å². The molecule has 12 heavy (non-hydrogen) atoms. The molecule has 72 valence electrons. The SMILES string of the molecule is CNN1CC(F)(F)C[C@H]1C(C)C. The molecule has 0 aromatic rings. The van der Waals surface area contributed by atoms with Crippen LogP contribution in [0.2, 0.25) is 0 Å². The molecule has 1 saturated heterocycles. The van der Waals surface area contributed by atoms with E-state index in [1.54, 1.807) is 12.1 Å². The molecule has 1 rings (SSSR count). The molecule has 0 aliphatic carbocycles. The van der Waals surface area contributed by atoms with Gasteiger partial charge < -0.3 is 0 Å². The van der Waals surface area contributed by atoms with Crippen molar-refractivity contribution in [2.24, 2.45) is 5.92 Å². The summed E-state index contributed by atoms with van der Waals surface area (Å²) in [4.78, 5) is 0. The van der Waals surface area contributed by atoms with E-state index in [9.17, 15) is 8.78 Å². The highest BCUT2D eigenvalue weighted by Gasteiger charge is 2.45. The summed E-state index contributed by atoms with van der Waals surface area (Å²) in [7, 11) is 1.69. The average molecular weight is 178 g/mol. The van der Waals surface area contributed by atoms with Crippen LogP contribution >= 0.6 is 0 Å². The summed E-state index contributed by atoms with van der Waals surface area (Å²) in [5, 5.41) is 1.63. The molecule has 1 heterocycles. The summed E-state index contributed by atoms with van der Waals surface area (Å²) in [6, 6.07) is -0.0370. The van der Waals surface area contributed by atoms with Crippen LogP contribution in [-0.2, 0) is 0 Å². The van der Waals surface area contributed by atoms with Crippen molar-refractivity contribution in [1.82, 2.24) is 10.4 Å². The molecule has 0 amide bonds. The van der Waals surface area contributed by atoms with Gasteiger partial charge in [0.05, 0.1) is 6.54 Å². The lowest BCUT2D eigenvalue weighted by Crippen LogP contribution is -2.42. The Kier molecular flexibility index (Phi) is 2.68. The van der Waals surface area contributed by atoms with E-state index in [0.717, 1.165) is 0 Å². The smallest absolute Gasteiger partial charge is 0.258 e. The van der Waals surface area contributed by atoms with Crippen LogP contribution in [0, 0.1) is 5.92 Å². The number of hydrogen-bond donors (Lipinski definition) is 1. The topological polar surface area (TPSA) is 15.3 Å². The minimum Gasteiger partial charge on any atom is -0.258 e. The van der Waals surface area contributed by atoms with E-state index >= 15 is 0 Å². The number of hydrazine groups is 1. The molecule has 0 aromatic heterocycles. The second kappa shape index (κ2) is 3.26. The van der Waals surface area contributed by atoms with E-state index < -0.39 is 5.92 Å². The Bertz CT molecular complexity index is 159. The predicted octanol–water partition coefficient (Wildman–Crippen LogP) is 1.49. The minimum absolute atomic E-state index is 0.0223. The van der Waals surface area contributed by atoms with Gasteiger partial charge in [-0.25, -0.2) is 13.8 Å². The van der Waals surface area contributed by atoms with E-state index in [-0.39, 0.29) is 24.9 Å². The Morgan fingerprint density at radius 1 is 1.50 bits per heavy atom. The second-order valence-electron chi connectivity index (χ2n) is 3.72. The van der Waals surface area contributed by atoms with Gasteiger partial charge in [-0.3, -0.25) is 5.43 Å². The van der Waals surface area contributed by atoms with Gasteiger partial charge in [0.1, 0.15) is 0 Å². The number of rotatable bonds is 2. The van der Waals surface area contributed by atoms with Gasteiger partial charge in [0.15, 0.2) is 0 Å². The van der Waals surface area contributed by atoms with Gasteiger partial charge in [-0.05, 0) is 13.0 Å². The van der Waals surface area contributed by atoms with Gasteiger partial charge in [-0.2, -0.15) is 0 Å². The first-order valence-corrected chi connectivity index (χ1v) is 4.28. The van der Waals surface area contributed by atoms with Crippen LogP contribution in [-0.4, -0.2) is 30.6 Å². The van der Waals surface area contributed by atoms with E-state index in [1.807, 2.05) is 13.8 Å². The van der Waals surface area contributed by atoms with Crippen molar-refractivity contribution in [3.63, 3.8) is 0 Å². The molecular formula is C8H16F2N2. The van der Waals surface area contributed by atoms with Crippen molar-refractivity contribution in [3.05, 3.63) is 0 Å². The third-order valence-electron chi connectivity index (χ3n) is 2.37. The highest BCUT2D eigenvalue weighted by molar-refractivity contribution is 4.89. The van der Waals surface area contributed by atoms with Gasteiger partial charge in [0, 0.05) is 12.5 Å². The number of halogens is 2. The maximum atomic E-state index is 12.9. The van der Waals surface area contributed by atoms with Crippen LogP contribution in [0.5, 0.6) is 0 Å². The predicted molar refractivity (Wildman–Crippen MR) is 44.0 cm³/mol. The molecule has 0 spiro atoms. The molecule has 4 heteroatoms. The van der Waals surface area contributed by atoms with Gasteiger partial charge >= 0.3 is 0 Å². The molecule has 1 aliphatic rings. The zero-order valence-electron chi connectivity index (χ0n) is 7.77. The van der Waals surface area contributed by atoms with Gasteiger partial charge in [0.2, 0.25) is 0 Å². The number of nitrogens with zero attached hydrogens (tertiary/aromatic N) is 1. The summed E-state index contributed by atoms with van der Waals surface area (Å²) in [5.41, 5.74) is 2.80. The monoisotopic (exact) mass is 178 g/mol. The molecule has 0 unspecified atom stereocenters. The third kappa shape index (κ3) is 1.93. The Morgan fingerprint density at radius 2 is 2.08 bits per heavy atom. The minimum atomic E-state index is -2.52. The van der Waals surface area contributed by atoms with E-state index in [0.29, 0.717) is 0 Å². The van der Waals surface area contributed by atoms with Crippen molar-refractivity contribution in [1.29, 1.82) is 0 Å². The van der Waals surface area contributed by atoms with Crippen LogP contribution in [0.4, 0.5) is 8.78 Å². The molecule has 1 atom stereocenters. The van der Waals surface area contributed by atoms with Crippen LogP contribution in [0.15, 0.2) is 0 Å². The molecule has 0 saturated carbocycles. The lowest BCUT2D eigenvalue weighted by Gasteiger charge is -2.25. The zero-order valence-corrected chi connectivity index (χ0v) is 7.77. The maximum Gasteiger partial charge on any atom is 0.263 e. The van der Waals surface area contributed by atoms with Crippen molar-refractivity contribution in [3.8, 4) is 0 Å². The highest BCUT2D eigenvalue weighted by Crippen LogP contribution is 2.33. The van der Waals surface area contributed by atoms with Crippen molar-refractivity contribution >= 4 is 0 Å². The Balaban J connectivity index is 2.63. The summed E-state index contributed by atoms with van der Waals surface area (Å²) in [5.74, 6) is -2.25. The van der Waals surface area contributed by atoms with Crippen molar-refractivity contribution < 1.29 is 8.78 Å². The zero-order chi connectivity index (χ0) is 9.35. The Morgan fingerprint density at radius 3 is 2.42 bits per heavy atom. The first-order valence-electron chi connectivity index (χ1n) is 4.28. The number of nitrogens with one attached hydrogen (secondary N) is 1. The fraction of sp³-hybridized carbons (Fsp3) is 1.00. The largest absolute Gasteiger partial charge is 0.263 e. The molecule has 0 radical (unpaired) electrons. The fourth-order valence-corrected chi connectivity index (χ4v) is 1.69. The first-order chi connectivity index (χ1) is 5.46. The highest BCUT2D eigenvalue weighted by atomic mass is 19.3. The van der Waals surface area contributed by atoms with Gasteiger partial charge in [-0.15, -0.1) is 0 Å². The van der Waals surface area contributed by atoms with Crippen molar-refractivity contribution in [2.75, 3.05) is 13.6 Å². The molecule has 1 fully saturated rings. The van der Waals surface area contributed by atoms with Crippen LogP contribution in [0.25, 0.3) is 0 Å². The standard InChI is InChI=1S/C8H16F2N2/c1-6(2)7-4-8(9,10)5-12(7)11-3/h6-7,11H,4-5H2,1-3H3/t7-/m0/s1. The lowest BCUT2D eigenvalue weighted by atomic mass is 10.0. The Hall–Kier alpha value is -0.220. The molecule has 2 nitrogen and oxygen atoms in total. The van der Waals surface area contributed by atoms with E-state index in [1.165, 1.54) is 0 Å². The molecule has 0 bridgehead atoms. The van der Waals surface area contributed by atoms with Crippen molar-refractivity contribution in [2.45, 2.75) is 32.2 Å². The molecule has 1 aliphatic heterocycles. The summed E-state index contributed by atoms with van der Waals surface area (Å²) in [6.45, 7) is 3.78. The fourth-order valence-electron chi connectivity index (χ4n) is 1.69. The molecule has 1 N–H and O–H groups in total. The third-order valence-corrected chi connectivity index (χ3v) is 2.37. The summed E-state index contributed by atoms with van der Waals surface area (Å²) >= 11 is 0. The summed E-state index contributed by atoms with van der Waals surface area (Å²) < 4.78 is 25.8. The molecule has 0 aromatic carbocycles. The van der Waals surface area contributed by atoms with Crippen LogP contribution in [0.1, 0.15) is 20.3 Å². The normalized spacial score (nSPS) is 30.0. The Labute approximate surface area is 71.9 Å². The van der Waals surface area contributed by atoms with Gasteiger partial charge in [-0.1, -0.05) is 13.8 Å². The lowest BCUT2D eigenvalue weighted by molar-refractivity contribution is 0.00770. The van der Waals surface area contributed by atoms with Gasteiger partial charge in [0.25, 0.3) is 5.92 Å². The van der Waals surface area contributed by atoms with Crippen LogP contribution < -0.4 is 5.43 Å².